The maximum atomic E-state index is 11.4. The van der Waals surface area contributed by atoms with Crippen LogP contribution in [0, 0.1) is 0 Å². The van der Waals surface area contributed by atoms with Crippen molar-refractivity contribution in [3.8, 4) is 0 Å². The molecule has 13 heavy (non-hydrogen) atoms. The maximum absolute atomic E-state index is 11.4. The van der Waals surface area contributed by atoms with E-state index in [2.05, 4.69) is 5.32 Å². The molecule has 76 valence electrons. The van der Waals surface area contributed by atoms with E-state index in [1.165, 1.54) is 19.3 Å². The van der Waals surface area contributed by atoms with Crippen molar-refractivity contribution in [3.05, 3.63) is 0 Å². The highest BCUT2D eigenvalue weighted by Crippen LogP contribution is 2.20. The van der Waals surface area contributed by atoms with Crippen LogP contribution in [0.25, 0.3) is 0 Å². The Morgan fingerprint density at radius 1 is 1.38 bits per heavy atom. The first-order valence-corrected chi connectivity index (χ1v) is 5.12. The van der Waals surface area contributed by atoms with E-state index in [0.29, 0.717) is 0 Å². The van der Waals surface area contributed by atoms with E-state index in [-0.39, 0.29) is 18.1 Å². The van der Waals surface area contributed by atoms with Crippen molar-refractivity contribution in [3.63, 3.8) is 0 Å². The molecule has 1 aliphatic rings. The summed E-state index contributed by atoms with van der Waals surface area (Å²) in [6.45, 7) is 1.82. The second kappa shape index (κ2) is 5.22. The molecule has 0 aromatic carbocycles. The number of ether oxygens (including phenoxy) is 1. The highest BCUT2D eigenvalue weighted by atomic mass is 16.5. The van der Waals surface area contributed by atoms with Crippen LogP contribution < -0.4 is 5.32 Å². The molecule has 0 heterocycles. The molecular formula is C10H19NO2. The summed E-state index contributed by atoms with van der Waals surface area (Å²) in [5, 5.41) is 2.88. The number of rotatable bonds is 3. The normalized spacial score (nSPS) is 21.1. The molecule has 1 unspecified atom stereocenters. The first-order valence-electron chi connectivity index (χ1n) is 5.12. The fourth-order valence-corrected chi connectivity index (χ4v) is 1.57. The van der Waals surface area contributed by atoms with Crippen LogP contribution in [-0.4, -0.2) is 25.2 Å². The van der Waals surface area contributed by atoms with Crippen LogP contribution in [0.1, 0.15) is 39.0 Å². The van der Waals surface area contributed by atoms with Crippen molar-refractivity contribution in [2.24, 2.45) is 0 Å². The van der Waals surface area contributed by atoms with Crippen molar-refractivity contribution < 1.29 is 9.53 Å². The van der Waals surface area contributed by atoms with E-state index in [4.69, 9.17) is 4.74 Å². The fraction of sp³-hybridized carbons (Fsp3) is 0.900. The van der Waals surface area contributed by atoms with Gasteiger partial charge in [0.15, 0.2) is 0 Å². The smallest absolute Gasteiger partial charge is 0.323 e. The number of nitrogens with one attached hydrogen (secondary N) is 1. The predicted molar refractivity (Wildman–Crippen MR) is 51.5 cm³/mol. The highest BCUT2D eigenvalue weighted by molar-refractivity contribution is 5.75. The van der Waals surface area contributed by atoms with Gasteiger partial charge in [0.1, 0.15) is 12.1 Å². The highest BCUT2D eigenvalue weighted by Gasteiger charge is 2.20. The van der Waals surface area contributed by atoms with Crippen LogP contribution in [-0.2, 0) is 9.53 Å². The molecule has 0 spiro atoms. The molecule has 0 aliphatic heterocycles. The van der Waals surface area contributed by atoms with Gasteiger partial charge in [-0.1, -0.05) is 6.42 Å². The largest absolute Gasteiger partial charge is 0.461 e. The van der Waals surface area contributed by atoms with Crippen molar-refractivity contribution in [2.45, 2.75) is 51.2 Å². The Balaban J connectivity index is 2.26. The van der Waals surface area contributed by atoms with Gasteiger partial charge in [-0.25, -0.2) is 0 Å². The van der Waals surface area contributed by atoms with Crippen molar-refractivity contribution >= 4 is 5.97 Å². The van der Waals surface area contributed by atoms with Gasteiger partial charge in [-0.15, -0.1) is 0 Å². The van der Waals surface area contributed by atoms with Crippen molar-refractivity contribution in [2.75, 3.05) is 7.05 Å². The van der Waals surface area contributed by atoms with Gasteiger partial charge in [-0.3, -0.25) is 4.79 Å². The lowest BCUT2D eigenvalue weighted by Crippen LogP contribution is -2.35. The van der Waals surface area contributed by atoms with Gasteiger partial charge in [0, 0.05) is 0 Å². The SMILES string of the molecule is CNC(C)C(=O)OC1CCCCC1. The maximum Gasteiger partial charge on any atom is 0.323 e. The molecule has 0 saturated heterocycles. The molecule has 3 heteroatoms. The summed E-state index contributed by atoms with van der Waals surface area (Å²) in [4.78, 5) is 11.4. The number of likely N-dealkylation sites (N-methyl/N-ethyl adjacent to an activating group) is 1. The van der Waals surface area contributed by atoms with E-state index in [9.17, 15) is 4.79 Å². The van der Waals surface area contributed by atoms with E-state index >= 15 is 0 Å². The topological polar surface area (TPSA) is 38.3 Å². The van der Waals surface area contributed by atoms with E-state index in [0.717, 1.165) is 12.8 Å². The van der Waals surface area contributed by atoms with Gasteiger partial charge < -0.3 is 10.1 Å². The standard InChI is InChI=1S/C10H19NO2/c1-8(11-2)10(12)13-9-6-4-3-5-7-9/h8-9,11H,3-7H2,1-2H3. The molecule has 0 radical (unpaired) electrons. The number of esters is 1. The lowest BCUT2D eigenvalue weighted by atomic mass is 9.98. The molecule has 1 N–H and O–H groups in total. The molecule has 1 rings (SSSR count). The predicted octanol–water partition coefficient (Wildman–Crippen LogP) is 1.47. The lowest BCUT2D eigenvalue weighted by molar-refractivity contribution is -0.152. The third-order valence-corrected chi connectivity index (χ3v) is 2.62. The lowest BCUT2D eigenvalue weighted by Gasteiger charge is -2.23. The number of hydrogen-bond donors (Lipinski definition) is 1. The van der Waals surface area contributed by atoms with Crippen LogP contribution >= 0.6 is 0 Å². The Morgan fingerprint density at radius 2 is 2.00 bits per heavy atom. The summed E-state index contributed by atoms with van der Waals surface area (Å²) in [6, 6.07) is -0.179. The number of hydrogen-bond acceptors (Lipinski definition) is 3. The Morgan fingerprint density at radius 3 is 2.54 bits per heavy atom. The van der Waals surface area contributed by atoms with Gasteiger partial charge in [0.05, 0.1) is 0 Å². The molecule has 0 aromatic rings. The Labute approximate surface area is 79.8 Å². The van der Waals surface area contributed by atoms with Crippen LogP contribution in [0.3, 0.4) is 0 Å². The van der Waals surface area contributed by atoms with Gasteiger partial charge in [-0.2, -0.15) is 0 Å². The van der Waals surface area contributed by atoms with Crippen LogP contribution in [0.15, 0.2) is 0 Å². The second-order valence-corrected chi connectivity index (χ2v) is 3.71. The molecule has 1 fully saturated rings. The third-order valence-electron chi connectivity index (χ3n) is 2.62. The Bertz CT molecular complexity index is 164. The van der Waals surface area contributed by atoms with Gasteiger partial charge >= 0.3 is 5.97 Å². The van der Waals surface area contributed by atoms with E-state index in [1.54, 1.807) is 7.05 Å². The Kier molecular flexibility index (Phi) is 4.22. The average Bonchev–Trinajstić information content (AvgIpc) is 2.18. The van der Waals surface area contributed by atoms with Gasteiger partial charge in [-0.05, 0) is 39.7 Å². The minimum Gasteiger partial charge on any atom is -0.461 e. The summed E-state index contributed by atoms with van der Waals surface area (Å²) in [5.74, 6) is -0.116. The first kappa shape index (κ1) is 10.5. The van der Waals surface area contributed by atoms with Crippen LogP contribution in [0.2, 0.25) is 0 Å². The minimum atomic E-state index is -0.179. The number of carbonyl (C=O) groups is 1. The van der Waals surface area contributed by atoms with Gasteiger partial charge in [0.2, 0.25) is 0 Å². The molecule has 1 aliphatic carbocycles. The molecule has 0 amide bonds. The van der Waals surface area contributed by atoms with Crippen LogP contribution in [0.4, 0.5) is 0 Å². The van der Waals surface area contributed by atoms with Gasteiger partial charge in [0.25, 0.3) is 0 Å². The molecule has 1 atom stereocenters. The summed E-state index contributed by atoms with van der Waals surface area (Å²) in [6.07, 6.45) is 5.95. The summed E-state index contributed by atoms with van der Waals surface area (Å²) in [7, 11) is 1.77. The third kappa shape index (κ3) is 3.35. The number of carbonyl (C=O) groups excluding carboxylic acids is 1. The molecule has 1 saturated carbocycles. The average molecular weight is 185 g/mol. The van der Waals surface area contributed by atoms with Crippen molar-refractivity contribution in [1.82, 2.24) is 5.32 Å². The van der Waals surface area contributed by atoms with Crippen LogP contribution in [0.5, 0.6) is 0 Å². The summed E-state index contributed by atoms with van der Waals surface area (Å²) in [5.41, 5.74) is 0. The minimum absolute atomic E-state index is 0.116. The Hall–Kier alpha value is -0.570. The molecule has 3 nitrogen and oxygen atoms in total. The zero-order valence-corrected chi connectivity index (χ0v) is 8.51. The summed E-state index contributed by atoms with van der Waals surface area (Å²) >= 11 is 0. The van der Waals surface area contributed by atoms with E-state index < -0.39 is 0 Å². The fourth-order valence-electron chi connectivity index (χ4n) is 1.57. The summed E-state index contributed by atoms with van der Waals surface area (Å²) < 4.78 is 5.34. The van der Waals surface area contributed by atoms with Crippen molar-refractivity contribution in [1.29, 1.82) is 0 Å². The quantitative estimate of drug-likeness (QED) is 0.677. The zero-order chi connectivity index (χ0) is 9.68. The zero-order valence-electron chi connectivity index (χ0n) is 8.51. The monoisotopic (exact) mass is 185 g/mol. The molecular weight excluding hydrogens is 166 g/mol. The molecule has 0 bridgehead atoms. The molecule has 0 aromatic heterocycles. The first-order chi connectivity index (χ1) is 6.24. The van der Waals surface area contributed by atoms with E-state index in [1.807, 2.05) is 6.92 Å². The second-order valence-electron chi connectivity index (χ2n) is 3.71.